The highest BCUT2D eigenvalue weighted by atomic mass is 19.4. The van der Waals surface area contributed by atoms with Gasteiger partial charge in [0.15, 0.2) is 6.61 Å². The lowest BCUT2D eigenvalue weighted by Crippen LogP contribution is -2.19. The van der Waals surface area contributed by atoms with Gasteiger partial charge in [0.2, 0.25) is 6.23 Å². The summed E-state index contributed by atoms with van der Waals surface area (Å²) in [5, 5.41) is 13.8. The number of rotatable bonds is 5. The molecule has 1 atom stereocenters. The summed E-state index contributed by atoms with van der Waals surface area (Å²) in [7, 11) is 0. The monoisotopic (exact) mass is 368 g/mol. The first-order chi connectivity index (χ1) is 12.2. The maximum Gasteiger partial charge on any atom is 0.422 e. The van der Waals surface area contributed by atoms with Crippen LogP contribution in [0.2, 0.25) is 0 Å². The van der Waals surface area contributed by atoms with Gasteiger partial charge < -0.3 is 14.8 Å². The fraction of sp³-hybridized carbons (Fsp3) is 0.188. The predicted octanol–water partition coefficient (Wildman–Crippen LogP) is 3.82. The first-order valence-corrected chi connectivity index (χ1v) is 7.28. The Labute approximate surface area is 144 Å². The molecule has 0 aliphatic carbocycles. The molecule has 0 saturated heterocycles. The van der Waals surface area contributed by atoms with Crippen LogP contribution < -0.4 is 10.1 Å². The molecule has 1 N–H and O–H groups in total. The van der Waals surface area contributed by atoms with Gasteiger partial charge in [0.1, 0.15) is 5.75 Å². The maximum absolute atomic E-state index is 12.3. The summed E-state index contributed by atoms with van der Waals surface area (Å²) in [4.78, 5) is 22.0. The maximum atomic E-state index is 12.3. The second kappa shape index (κ2) is 6.54. The number of carbonyl (C=O) groups excluding carboxylic acids is 1. The Kier molecular flexibility index (Phi) is 4.41. The van der Waals surface area contributed by atoms with Crippen LogP contribution in [-0.4, -0.2) is 23.7 Å². The predicted molar refractivity (Wildman–Crippen MR) is 82.9 cm³/mol. The van der Waals surface area contributed by atoms with E-state index in [2.05, 4.69) is 10.1 Å². The first-order valence-electron chi connectivity index (χ1n) is 7.28. The zero-order valence-electron chi connectivity index (χ0n) is 12.9. The lowest BCUT2D eigenvalue weighted by atomic mass is 10.1. The highest BCUT2D eigenvalue weighted by Crippen LogP contribution is 2.34. The van der Waals surface area contributed by atoms with E-state index in [0.717, 1.165) is 18.2 Å². The van der Waals surface area contributed by atoms with Crippen molar-refractivity contribution in [3.8, 4) is 5.75 Å². The molecule has 0 bridgehead atoms. The van der Waals surface area contributed by atoms with E-state index >= 15 is 0 Å². The van der Waals surface area contributed by atoms with E-state index in [9.17, 15) is 28.1 Å². The number of fused-ring (bicyclic) bond motifs is 1. The number of carbonyl (C=O) groups is 1. The van der Waals surface area contributed by atoms with Crippen molar-refractivity contribution in [3.63, 3.8) is 0 Å². The van der Waals surface area contributed by atoms with Crippen LogP contribution in [0.5, 0.6) is 5.75 Å². The summed E-state index contributed by atoms with van der Waals surface area (Å²) in [6.07, 6.45) is -5.51. The molecule has 0 fully saturated rings. The Hall–Kier alpha value is -3.30. The topological polar surface area (TPSA) is 90.7 Å². The Morgan fingerprint density at radius 3 is 2.65 bits per heavy atom. The number of nitrogens with one attached hydrogen (secondary N) is 1. The van der Waals surface area contributed by atoms with Gasteiger partial charge in [0, 0.05) is 23.4 Å². The van der Waals surface area contributed by atoms with Crippen LogP contribution in [0, 0.1) is 10.1 Å². The molecule has 26 heavy (non-hydrogen) atoms. The summed E-state index contributed by atoms with van der Waals surface area (Å²) < 4.78 is 46.6. The minimum Gasteiger partial charge on any atom is -0.484 e. The van der Waals surface area contributed by atoms with Crippen molar-refractivity contribution in [2.75, 3.05) is 11.9 Å². The molecule has 0 unspecified atom stereocenters. The number of nitrogens with zero attached hydrogens (tertiary/aromatic N) is 1. The zero-order valence-corrected chi connectivity index (χ0v) is 12.9. The Morgan fingerprint density at radius 1 is 1.23 bits per heavy atom. The number of anilines is 1. The molecule has 1 heterocycles. The summed E-state index contributed by atoms with van der Waals surface area (Å²) in [6.45, 7) is -1.59. The number of esters is 1. The van der Waals surface area contributed by atoms with Crippen LogP contribution in [0.15, 0.2) is 42.5 Å². The molecular formula is C16H11F3N2O5. The van der Waals surface area contributed by atoms with Crippen LogP contribution in [0.4, 0.5) is 24.5 Å². The quantitative estimate of drug-likeness (QED) is 0.490. The number of ether oxygens (including phenoxy) is 2. The molecule has 2 aromatic rings. The number of hydrogen-bond acceptors (Lipinski definition) is 6. The third-order valence-electron chi connectivity index (χ3n) is 3.49. The minimum atomic E-state index is -4.59. The molecule has 0 spiro atoms. The zero-order chi connectivity index (χ0) is 18.9. The summed E-state index contributed by atoms with van der Waals surface area (Å²) >= 11 is 0. The molecule has 0 aromatic heterocycles. The van der Waals surface area contributed by atoms with Crippen molar-refractivity contribution in [2.45, 2.75) is 12.4 Å². The van der Waals surface area contributed by atoms with E-state index < -0.39 is 35.6 Å². The second-order valence-corrected chi connectivity index (χ2v) is 5.39. The number of halogens is 3. The van der Waals surface area contributed by atoms with Crippen molar-refractivity contribution < 1.29 is 32.4 Å². The number of alkyl halides is 3. The van der Waals surface area contributed by atoms with Crippen LogP contribution >= 0.6 is 0 Å². The molecule has 0 radical (unpaired) electrons. The fourth-order valence-electron chi connectivity index (χ4n) is 2.42. The normalized spacial score (nSPS) is 16.0. The number of nitro groups is 1. The highest BCUT2D eigenvalue weighted by molar-refractivity contribution is 5.94. The van der Waals surface area contributed by atoms with E-state index in [-0.39, 0.29) is 11.4 Å². The molecule has 10 heteroatoms. The first kappa shape index (κ1) is 17.5. The average Bonchev–Trinajstić information content (AvgIpc) is 2.88. The molecule has 7 nitrogen and oxygen atoms in total. The number of cyclic esters (lactones) is 1. The van der Waals surface area contributed by atoms with Gasteiger partial charge in [0.25, 0.3) is 5.69 Å². The van der Waals surface area contributed by atoms with Gasteiger partial charge in [-0.25, -0.2) is 4.79 Å². The van der Waals surface area contributed by atoms with Crippen molar-refractivity contribution in [2.24, 2.45) is 0 Å². The fourth-order valence-corrected chi connectivity index (χ4v) is 2.42. The lowest BCUT2D eigenvalue weighted by Gasteiger charge is -2.16. The van der Waals surface area contributed by atoms with E-state index in [1.807, 2.05) is 0 Å². The van der Waals surface area contributed by atoms with E-state index in [1.165, 1.54) is 0 Å². The third kappa shape index (κ3) is 3.85. The summed E-state index contributed by atoms with van der Waals surface area (Å²) in [6, 6.07) is 9.68. The van der Waals surface area contributed by atoms with Gasteiger partial charge in [0.05, 0.1) is 16.6 Å². The van der Waals surface area contributed by atoms with Gasteiger partial charge in [-0.1, -0.05) is 18.2 Å². The Morgan fingerprint density at radius 2 is 1.96 bits per heavy atom. The average molecular weight is 368 g/mol. The van der Waals surface area contributed by atoms with Crippen molar-refractivity contribution in [3.05, 3.63) is 63.7 Å². The second-order valence-electron chi connectivity index (χ2n) is 5.39. The van der Waals surface area contributed by atoms with Crippen LogP contribution in [0.25, 0.3) is 0 Å². The van der Waals surface area contributed by atoms with Crippen LogP contribution in [0.3, 0.4) is 0 Å². The van der Waals surface area contributed by atoms with E-state index in [4.69, 9.17) is 4.74 Å². The molecule has 136 valence electrons. The van der Waals surface area contributed by atoms with Gasteiger partial charge in [-0.3, -0.25) is 10.1 Å². The summed E-state index contributed by atoms with van der Waals surface area (Å²) in [5.74, 6) is -0.909. The van der Waals surface area contributed by atoms with Crippen molar-refractivity contribution in [1.29, 1.82) is 0 Å². The lowest BCUT2D eigenvalue weighted by molar-refractivity contribution is -0.384. The van der Waals surface area contributed by atoms with Crippen molar-refractivity contribution in [1.82, 2.24) is 0 Å². The molecule has 0 amide bonds. The van der Waals surface area contributed by atoms with Gasteiger partial charge in [-0.15, -0.1) is 0 Å². The van der Waals surface area contributed by atoms with Crippen LogP contribution in [0.1, 0.15) is 22.1 Å². The third-order valence-corrected chi connectivity index (χ3v) is 3.49. The minimum absolute atomic E-state index is 0.0749. The van der Waals surface area contributed by atoms with Crippen molar-refractivity contribution >= 4 is 17.3 Å². The number of non-ortho nitro benzene ring substituents is 1. The smallest absolute Gasteiger partial charge is 0.422 e. The Balaban J connectivity index is 1.86. The number of benzene rings is 2. The summed E-state index contributed by atoms with van der Waals surface area (Å²) in [5.41, 5.74) is 0.460. The largest absolute Gasteiger partial charge is 0.484 e. The molecule has 3 rings (SSSR count). The van der Waals surface area contributed by atoms with E-state index in [0.29, 0.717) is 11.1 Å². The molecule has 1 aliphatic heterocycles. The SMILES string of the molecule is O=C1O[C@H](Nc2cc(OCC(F)(F)F)cc([N+](=O)[O-])c2)c2ccccc21. The number of nitro benzene ring substituents is 1. The van der Waals surface area contributed by atoms with Gasteiger partial charge >= 0.3 is 12.1 Å². The van der Waals surface area contributed by atoms with Crippen LogP contribution in [-0.2, 0) is 4.74 Å². The standard InChI is InChI=1S/C16H11F3N2O5/c17-16(18,19)8-25-11-6-9(5-10(7-11)21(23)24)20-14-12-3-1-2-4-13(12)15(22)26-14/h1-7,14,20H,8H2/t14-/m0/s1. The Bertz CT molecular complexity index is 869. The molecule has 0 saturated carbocycles. The number of hydrogen-bond donors (Lipinski definition) is 1. The van der Waals surface area contributed by atoms with Gasteiger partial charge in [-0.2, -0.15) is 13.2 Å². The molecule has 2 aromatic carbocycles. The molecular weight excluding hydrogens is 357 g/mol. The van der Waals surface area contributed by atoms with E-state index in [1.54, 1.807) is 24.3 Å². The van der Waals surface area contributed by atoms with Gasteiger partial charge in [-0.05, 0) is 6.07 Å². The highest BCUT2D eigenvalue weighted by Gasteiger charge is 2.31. The molecule has 1 aliphatic rings.